The molecule has 106 valence electrons. The molecular formula is C12H16O6S. The van der Waals surface area contributed by atoms with E-state index in [1.807, 2.05) is 0 Å². The molecule has 0 saturated carbocycles. The number of aliphatic hydroxyl groups is 3. The molecule has 3 N–H and O–H groups in total. The summed E-state index contributed by atoms with van der Waals surface area (Å²) in [4.78, 5) is 12.3. The van der Waals surface area contributed by atoms with Crippen LogP contribution in [0.1, 0.15) is 28.3 Å². The molecule has 1 fully saturated rings. The van der Waals surface area contributed by atoms with Crippen LogP contribution in [0, 0.1) is 0 Å². The molecule has 6 nitrogen and oxygen atoms in total. The molecule has 2 rings (SSSR count). The lowest BCUT2D eigenvalue weighted by molar-refractivity contribution is -0.0220. The van der Waals surface area contributed by atoms with Crippen LogP contribution in [-0.2, 0) is 9.47 Å². The Hall–Kier alpha value is -0.990. The first-order valence-corrected chi connectivity index (χ1v) is 6.85. The maximum absolute atomic E-state index is 11.8. The van der Waals surface area contributed by atoms with Gasteiger partial charge in [0.1, 0.15) is 24.4 Å². The van der Waals surface area contributed by atoms with Crippen LogP contribution in [0.5, 0.6) is 0 Å². The molecule has 0 aliphatic carbocycles. The Morgan fingerprint density at radius 1 is 1.47 bits per heavy atom. The SMILES string of the molecule is CCOC(=O)c1ccsc1[C@@H]1O[C@H](CO)[C@@H](O)[C@H]1O. The van der Waals surface area contributed by atoms with E-state index in [9.17, 15) is 15.0 Å². The molecule has 0 bridgehead atoms. The van der Waals surface area contributed by atoms with Crippen LogP contribution in [-0.4, -0.2) is 52.8 Å². The second-order valence-corrected chi connectivity index (χ2v) is 5.13. The number of ether oxygens (including phenoxy) is 2. The standard InChI is InChI=1S/C12H16O6S/c1-2-17-12(16)6-3-4-19-11(6)10-9(15)8(14)7(5-13)18-10/h3-4,7-10,13-15H,2,5H2,1H3/t7-,8-,9-,10-/m1/s1. The number of carbonyl (C=O) groups excluding carboxylic acids is 1. The van der Waals surface area contributed by atoms with Crippen molar-refractivity contribution < 1.29 is 29.6 Å². The van der Waals surface area contributed by atoms with Crippen molar-refractivity contribution in [3.63, 3.8) is 0 Å². The Kier molecular flexibility index (Phi) is 4.54. The number of esters is 1. The summed E-state index contributed by atoms with van der Waals surface area (Å²) in [7, 11) is 0. The maximum Gasteiger partial charge on any atom is 0.339 e. The summed E-state index contributed by atoms with van der Waals surface area (Å²) in [5.41, 5.74) is 0.321. The Bertz CT molecular complexity index is 445. The highest BCUT2D eigenvalue weighted by molar-refractivity contribution is 7.10. The largest absolute Gasteiger partial charge is 0.462 e. The van der Waals surface area contributed by atoms with E-state index < -0.39 is 37.0 Å². The van der Waals surface area contributed by atoms with Crippen LogP contribution in [0.2, 0.25) is 0 Å². The van der Waals surface area contributed by atoms with Crippen LogP contribution >= 0.6 is 11.3 Å². The van der Waals surface area contributed by atoms with E-state index in [0.29, 0.717) is 10.4 Å². The molecule has 4 atom stereocenters. The van der Waals surface area contributed by atoms with Crippen molar-refractivity contribution in [2.45, 2.75) is 31.3 Å². The first-order valence-electron chi connectivity index (χ1n) is 5.97. The van der Waals surface area contributed by atoms with E-state index in [0.717, 1.165) is 0 Å². The van der Waals surface area contributed by atoms with E-state index in [4.69, 9.17) is 14.6 Å². The molecular weight excluding hydrogens is 272 g/mol. The van der Waals surface area contributed by atoms with Crippen LogP contribution < -0.4 is 0 Å². The fourth-order valence-electron chi connectivity index (χ4n) is 2.04. The van der Waals surface area contributed by atoms with Crippen molar-refractivity contribution in [2.24, 2.45) is 0 Å². The highest BCUT2D eigenvalue weighted by Crippen LogP contribution is 2.38. The second-order valence-electron chi connectivity index (χ2n) is 4.18. The highest BCUT2D eigenvalue weighted by Gasteiger charge is 2.44. The monoisotopic (exact) mass is 288 g/mol. The second kappa shape index (κ2) is 5.98. The lowest BCUT2D eigenvalue weighted by atomic mass is 10.0. The number of aliphatic hydroxyl groups excluding tert-OH is 3. The van der Waals surface area contributed by atoms with Crippen LogP contribution in [0.15, 0.2) is 11.4 Å². The van der Waals surface area contributed by atoms with E-state index in [-0.39, 0.29) is 6.61 Å². The van der Waals surface area contributed by atoms with Gasteiger partial charge >= 0.3 is 5.97 Å². The predicted octanol–water partition coefficient (Wildman–Crippen LogP) is 0.0788. The van der Waals surface area contributed by atoms with Gasteiger partial charge in [-0.05, 0) is 18.4 Å². The average Bonchev–Trinajstić information content (AvgIpc) is 2.97. The smallest absolute Gasteiger partial charge is 0.339 e. The van der Waals surface area contributed by atoms with E-state index in [2.05, 4.69) is 0 Å². The summed E-state index contributed by atoms with van der Waals surface area (Å²) in [5.74, 6) is -0.489. The Morgan fingerprint density at radius 3 is 2.79 bits per heavy atom. The number of carbonyl (C=O) groups is 1. The average molecular weight is 288 g/mol. The molecule has 0 aromatic carbocycles. The molecule has 0 unspecified atom stereocenters. The van der Waals surface area contributed by atoms with E-state index >= 15 is 0 Å². The van der Waals surface area contributed by atoms with Gasteiger partial charge in [0.05, 0.1) is 23.7 Å². The third-order valence-corrected chi connectivity index (χ3v) is 3.97. The minimum Gasteiger partial charge on any atom is -0.462 e. The number of hydrogen-bond acceptors (Lipinski definition) is 7. The number of hydrogen-bond donors (Lipinski definition) is 3. The van der Waals surface area contributed by atoms with Gasteiger partial charge in [-0.1, -0.05) is 0 Å². The van der Waals surface area contributed by atoms with Crippen molar-refractivity contribution in [3.8, 4) is 0 Å². The zero-order chi connectivity index (χ0) is 14.0. The van der Waals surface area contributed by atoms with Gasteiger partial charge in [0.15, 0.2) is 0 Å². The Balaban J connectivity index is 2.23. The molecule has 1 aromatic heterocycles. The molecule has 0 spiro atoms. The van der Waals surface area contributed by atoms with Crippen LogP contribution in [0.4, 0.5) is 0 Å². The molecule has 1 aliphatic heterocycles. The summed E-state index contributed by atoms with van der Waals surface area (Å²) in [5, 5.41) is 30.4. The normalized spacial score (nSPS) is 30.5. The fourth-order valence-corrected chi connectivity index (χ4v) is 2.99. The first-order chi connectivity index (χ1) is 9.10. The molecule has 1 aromatic rings. The molecule has 1 aliphatic rings. The van der Waals surface area contributed by atoms with Gasteiger partial charge in [-0.2, -0.15) is 0 Å². The van der Waals surface area contributed by atoms with Gasteiger partial charge in [0, 0.05) is 0 Å². The zero-order valence-corrected chi connectivity index (χ0v) is 11.2. The summed E-state index contributed by atoms with van der Waals surface area (Å²) in [6.45, 7) is 1.56. The highest BCUT2D eigenvalue weighted by atomic mass is 32.1. The third kappa shape index (κ3) is 2.65. The fraction of sp³-hybridized carbons (Fsp3) is 0.583. The third-order valence-electron chi connectivity index (χ3n) is 2.99. The summed E-state index contributed by atoms with van der Waals surface area (Å²) in [6, 6.07) is 1.59. The predicted molar refractivity (Wildman–Crippen MR) is 67.0 cm³/mol. The van der Waals surface area contributed by atoms with Gasteiger partial charge < -0.3 is 24.8 Å². The molecule has 1 saturated heterocycles. The summed E-state index contributed by atoms with van der Waals surface area (Å²) in [6.07, 6.45) is -4.03. The van der Waals surface area contributed by atoms with Gasteiger partial charge in [-0.15, -0.1) is 11.3 Å². The molecule has 7 heteroatoms. The lowest BCUT2D eigenvalue weighted by Crippen LogP contribution is -2.32. The Morgan fingerprint density at radius 2 is 2.21 bits per heavy atom. The lowest BCUT2D eigenvalue weighted by Gasteiger charge is -2.14. The molecule has 19 heavy (non-hydrogen) atoms. The number of thiophene rings is 1. The zero-order valence-electron chi connectivity index (χ0n) is 10.4. The summed E-state index contributed by atoms with van der Waals surface area (Å²) < 4.78 is 10.3. The van der Waals surface area contributed by atoms with Gasteiger partial charge in [0.25, 0.3) is 0 Å². The Labute approximate surface area is 114 Å². The first kappa shape index (κ1) is 14.4. The quantitative estimate of drug-likeness (QED) is 0.679. The van der Waals surface area contributed by atoms with E-state index in [1.165, 1.54) is 11.3 Å². The van der Waals surface area contributed by atoms with Gasteiger partial charge in [-0.3, -0.25) is 0 Å². The number of rotatable bonds is 4. The maximum atomic E-state index is 11.8. The van der Waals surface area contributed by atoms with Crippen LogP contribution in [0.25, 0.3) is 0 Å². The van der Waals surface area contributed by atoms with Gasteiger partial charge in [-0.25, -0.2) is 4.79 Å². The minimum absolute atomic E-state index is 0.254. The van der Waals surface area contributed by atoms with Crippen molar-refractivity contribution in [3.05, 3.63) is 21.9 Å². The van der Waals surface area contributed by atoms with Gasteiger partial charge in [0.2, 0.25) is 0 Å². The minimum atomic E-state index is -1.18. The van der Waals surface area contributed by atoms with Crippen molar-refractivity contribution in [1.82, 2.24) is 0 Å². The van der Waals surface area contributed by atoms with Crippen molar-refractivity contribution >= 4 is 17.3 Å². The molecule has 0 radical (unpaired) electrons. The van der Waals surface area contributed by atoms with Crippen LogP contribution in [0.3, 0.4) is 0 Å². The van der Waals surface area contributed by atoms with E-state index in [1.54, 1.807) is 18.4 Å². The van der Waals surface area contributed by atoms with Crippen molar-refractivity contribution in [1.29, 1.82) is 0 Å². The molecule has 0 amide bonds. The van der Waals surface area contributed by atoms with Crippen molar-refractivity contribution in [2.75, 3.05) is 13.2 Å². The molecule has 2 heterocycles. The topological polar surface area (TPSA) is 96.2 Å². The summed E-state index contributed by atoms with van der Waals surface area (Å²) >= 11 is 1.24.